The SMILES string of the molecule is COc1ccc(C(=O)C2C(=O)C(=O)N(c3ccc(C)nn3)C2c2ccc(OC(F)(F)F)cc2)cc1. The number of benzene rings is 2. The van der Waals surface area contributed by atoms with Crippen LogP contribution in [0.5, 0.6) is 11.5 Å². The monoisotopic (exact) mass is 485 g/mol. The second-order valence-electron chi connectivity index (χ2n) is 7.70. The standard InChI is InChI=1S/C24H18F3N3O5/c1-13-3-12-18(29-28-13)30-20(14-4-10-17(11-5-14)35-24(25,26)27)19(22(32)23(30)33)21(31)15-6-8-16(34-2)9-7-15/h3-12,19-20H,1-2H3. The van der Waals surface area contributed by atoms with E-state index in [-0.39, 0.29) is 16.9 Å². The van der Waals surface area contributed by atoms with E-state index in [1.54, 1.807) is 13.0 Å². The minimum Gasteiger partial charge on any atom is -0.497 e. The van der Waals surface area contributed by atoms with E-state index in [1.165, 1.54) is 49.6 Å². The maximum atomic E-state index is 13.4. The summed E-state index contributed by atoms with van der Waals surface area (Å²) < 4.78 is 46.7. The summed E-state index contributed by atoms with van der Waals surface area (Å²) in [6.45, 7) is 1.68. The van der Waals surface area contributed by atoms with E-state index < -0.39 is 41.5 Å². The van der Waals surface area contributed by atoms with Crippen LogP contribution in [0.3, 0.4) is 0 Å². The molecule has 1 fully saturated rings. The number of nitrogens with zero attached hydrogens (tertiary/aromatic N) is 3. The number of ketones is 2. The maximum Gasteiger partial charge on any atom is 0.573 e. The zero-order valence-electron chi connectivity index (χ0n) is 18.4. The van der Waals surface area contributed by atoms with Gasteiger partial charge in [0.2, 0.25) is 5.78 Å². The number of hydrogen-bond acceptors (Lipinski definition) is 7. The number of ether oxygens (including phenoxy) is 2. The molecule has 180 valence electrons. The van der Waals surface area contributed by atoms with Crippen LogP contribution in [-0.2, 0) is 9.59 Å². The Balaban J connectivity index is 1.79. The third-order valence-corrected chi connectivity index (χ3v) is 5.45. The lowest BCUT2D eigenvalue weighted by Gasteiger charge is -2.26. The summed E-state index contributed by atoms with van der Waals surface area (Å²) in [6.07, 6.45) is -4.89. The smallest absolute Gasteiger partial charge is 0.497 e. The molecule has 35 heavy (non-hydrogen) atoms. The maximum absolute atomic E-state index is 13.4. The van der Waals surface area contributed by atoms with Gasteiger partial charge in [0.25, 0.3) is 5.91 Å². The van der Waals surface area contributed by atoms with Crippen LogP contribution < -0.4 is 14.4 Å². The summed E-state index contributed by atoms with van der Waals surface area (Å²) in [7, 11) is 1.46. The van der Waals surface area contributed by atoms with Gasteiger partial charge in [-0.1, -0.05) is 12.1 Å². The Morgan fingerprint density at radius 3 is 2.09 bits per heavy atom. The van der Waals surface area contributed by atoms with E-state index in [0.29, 0.717) is 11.4 Å². The summed E-state index contributed by atoms with van der Waals surface area (Å²) in [5.74, 6) is -4.01. The predicted molar refractivity (Wildman–Crippen MR) is 116 cm³/mol. The second kappa shape index (κ2) is 9.16. The fraction of sp³-hybridized carbons (Fsp3) is 0.208. The molecule has 0 N–H and O–H groups in total. The summed E-state index contributed by atoms with van der Waals surface area (Å²) in [5.41, 5.74) is 0.964. The number of aryl methyl sites for hydroxylation is 1. The number of hydrogen-bond donors (Lipinski definition) is 0. The Kier molecular flexibility index (Phi) is 6.25. The first-order chi connectivity index (χ1) is 16.6. The van der Waals surface area contributed by atoms with Gasteiger partial charge in [0.05, 0.1) is 18.8 Å². The fourth-order valence-corrected chi connectivity index (χ4v) is 3.84. The Hall–Kier alpha value is -4.28. The molecule has 4 rings (SSSR count). The van der Waals surface area contributed by atoms with Crippen LogP contribution in [0.15, 0.2) is 60.7 Å². The predicted octanol–water partition coefficient (Wildman–Crippen LogP) is 3.85. The van der Waals surface area contributed by atoms with E-state index in [0.717, 1.165) is 17.0 Å². The summed E-state index contributed by atoms with van der Waals surface area (Å²) >= 11 is 0. The lowest BCUT2D eigenvalue weighted by Crippen LogP contribution is -2.31. The topological polar surface area (TPSA) is 98.7 Å². The zero-order valence-corrected chi connectivity index (χ0v) is 18.4. The number of Topliss-reactive ketones (excluding diaryl/α,β-unsaturated/α-hetero) is 2. The van der Waals surface area contributed by atoms with Crippen LogP contribution >= 0.6 is 0 Å². The van der Waals surface area contributed by atoms with Crippen molar-refractivity contribution in [3.8, 4) is 11.5 Å². The summed E-state index contributed by atoms with van der Waals surface area (Å²) in [6, 6.07) is 12.5. The van der Waals surface area contributed by atoms with Crippen molar-refractivity contribution in [3.05, 3.63) is 77.5 Å². The van der Waals surface area contributed by atoms with Crippen molar-refractivity contribution in [2.75, 3.05) is 12.0 Å². The third-order valence-electron chi connectivity index (χ3n) is 5.45. The molecule has 2 unspecified atom stereocenters. The normalized spacial score (nSPS) is 18.0. The number of halogens is 3. The van der Waals surface area contributed by atoms with Gasteiger partial charge in [-0.05, 0) is 61.0 Å². The first kappa shape index (κ1) is 23.9. The van der Waals surface area contributed by atoms with Crippen LogP contribution in [0.2, 0.25) is 0 Å². The van der Waals surface area contributed by atoms with E-state index in [4.69, 9.17) is 4.74 Å². The molecule has 3 aromatic rings. The van der Waals surface area contributed by atoms with Gasteiger partial charge in [-0.15, -0.1) is 18.3 Å². The second-order valence-corrected chi connectivity index (χ2v) is 7.70. The van der Waals surface area contributed by atoms with E-state index in [1.807, 2.05) is 0 Å². The largest absolute Gasteiger partial charge is 0.573 e. The molecule has 2 aromatic carbocycles. The number of rotatable bonds is 6. The van der Waals surface area contributed by atoms with Crippen LogP contribution in [0, 0.1) is 12.8 Å². The molecule has 8 nitrogen and oxygen atoms in total. The molecular weight excluding hydrogens is 467 g/mol. The number of carbonyl (C=O) groups is 3. The third kappa shape index (κ3) is 4.84. The molecule has 0 saturated carbocycles. The van der Waals surface area contributed by atoms with Crippen LogP contribution in [0.1, 0.15) is 27.7 Å². The molecule has 11 heteroatoms. The van der Waals surface area contributed by atoms with Crippen molar-refractivity contribution in [1.29, 1.82) is 0 Å². The zero-order chi connectivity index (χ0) is 25.3. The number of anilines is 1. The van der Waals surface area contributed by atoms with Crippen molar-refractivity contribution >= 4 is 23.3 Å². The van der Waals surface area contributed by atoms with E-state index in [2.05, 4.69) is 14.9 Å². The van der Waals surface area contributed by atoms with Crippen molar-refractivity contribution in [2.45, 2.75) is 19.3 Å². The van der Waals surface area contributed by atoms with Crippen LogP contribution in [-0.4, -0.2) is 41.1 Å². The number of alkyl halides is 3. The molecule has 1 aliphatic rings. The van der Waals surface area contributed by atoms with Crippen molar-refractivity contribution in [2.24, 2.45) is 5.92 Å². The molecule has 2 heterocycles. The Morgan fingerprint density at radius 1 is 0.914 bits per heavy atom. The molecule has 1 saturated heterocycles. The van der Waals surface area contributed by atoms with Crippen molar-refractivity contribution < 1.29 is 37.0 Å². The van der Waals surface area contributed by atoms with E-state index >= 15 is 0 Å². The van der Waals surface area contributed by atoms with Gasteiger partial charge in [-0.3, -0.25) is 19.3 Å². The Bertz CT molecular complexity index is 1260. The average molecular weight is 485 g/mol. The molecule has 2 atom stereocenters. The quantitative estimate of drug-likeness (QED) is 0.297. The van der Waals surface area contributed by atoms with Crippen molar-refractivity contribution in [3.63, 3.8) is 0 Å². The number of methoxy groups -OCH3 is 1. The van der Waals surface area contributed by atoms with Gasteiger partial charge in [-0.25, -0.2) is 0 Å². The van der Waals surface area contributed by atoms with Gasteiger partial charge in [0, 0.05) is 5.56 Å². The first-order valence-corrected chi connectivity index (χ1v) is 10.3. The molecule has 0 aliphatic carbocycles. The van der Waals surface area contributed by atoms with Gasteiger partial charge in [0.1, 0.15) is 17.4 Å². The first-order valence-electron chi connectivity index (χ1n) is 10.3. The lowest BCUT2D eigenvalue weighted by atomic mass is 9.86. The molecule has 1 amide bonds. The molecule has 0 spiro atoms. The van der Waals surface area contributed by atoms with Gasteiger partial charge in [0.15, 0.2) is 11.6 Å². The molecule has 0 radical (unpaired) electrons. The van der Waals surface area contributed by atoms with Gasteiger partial charge in [-0.2, -0.15) is 5.10 Å². The molecule has 0 bridgehead atoms. The molecule has 1 aliphatic heterocycles. The number of amides is 1. The van der Waals surface area contributed by atoms with Crippen molar-refractivity contribution in [1.82, 2.24) is 10.2 Å². The minimum atomic E-state index is -4.89. The average Bonchev–Trinajstić information content (AvgIpc) is 3.09. The summed E-state index contributed by atoms with van der Waals surface area (Å²) in [4.78, 5) is 40.6. The van der Waals surface area contributed by atoms with Gasteiger partial charge >= 0.3 is 6.36 Å². The Labute approximate surface area is 197 Å². The Morgan fingerprint density at radius 2 is 1.54 bits per heavy atom. The molecular formula is C24H18F3N3O5. The fourth-order valence-electron chi connectivity index (χ4n) is 3.84. The number of aromatic nitrogens is 2. The van der Waals surface area contributed by atoms with Crippen LogP contribution in [0.25, 0.3) is 0 Å². The highest BCUT2D eigenvalue weighted by Crippen LogP contribution is 2.41. The van der Waals surface area contributed by atoms with Gasteiger partial charge < -0.3 is 9.47 Å². The minimum absolute atomic E-state index is 0.0274. The van der Waals surface area contributed by atoms with Crippen LogP contribution in [0.4, 0.5) is 19.0 Å². The number of carbonyl (C=O) groups excluding carboxylic acids is 3. The summed E-state index contributed by atoms with van der Waals surface area (Å²) in [5, 5.41) is 7.89. The highest BCUT2D eigenvalue weighted by atomic mass is 19.4. The molecule has 1 aromatic heterocycles. The van der Waals surface area contributed by atoms with E-state index in [9.17, 15) is 27.6 Å². The highest BCUT2D eigenvalue weighted by Gasteiger charge is 2.53. The highest BCUT2D eigenvalue weighted by molar-refractivity contribution is 6.48. The lowest BCUT2D eigenvalue weighted by molar-refractivity contribution is -0.274.